The number of amides is 2. The molecule has 23 heavy (non-hydrogen) atoms. The maximum atomic E-state index is 12.6. The second kappa shape index (κ2) is 5.77. The SMILES string of the molecule is Cc1sc2ncn(CC(=O)N3CC[C@@H](C(N)=O)C3)c(=O)c2c1C. The molecule has 1 aliphatic rings. The van der Waals surface area contributed by atoms with E-state index in [4.69, 9.17) is 5.73 Å². The number of aryl methyl sites for hydroxylation is 2. The van der Waals surface area contributed by atoms with E-state index in [2.05, 4.69) is 4.98 Å². The first kappa shape index (κ1) is 15.7. The van der Waals surface area contributed by atoms with Crippen molar-refractivity contribution in [1.29, 1.82) is 0 Å². The Hall–Kier alpha value is -2.22. The molecule has 1 fully saturated rings. The Morgan fingerprint density at radius 1 is 1.43 bits per heavy atom. The first-order valence-corrected chi connectivity index (χ1v) is 8.22. The minimum absolute atomic E-state index is 0.0679. The molecule has 0 spiro atoms. The summed E-state index contributed by atoms with van der Waals surface area (Å²) in [5.74, 6) is -0.871. The number of hydrogen-bond donors (Lipinski definition) is 1. The first-order chi connectivity index (χ1) is 10.9. The Labute approximate surface area is 136 Å². The van der Waals surface area contributed by atoms with Crippen LogP contribution in [0.5, 0.6) is 0 Å². The summed E-state index contributed by atoms with van der Waals surface area (Å²) in [4.78, 5) is 43.7. The number of nitrogens with zero attached hydrogens (tertiary/aromatic N) is 3. The van der Waals surface area contributed by atoms with Gasteiger partial charge >= 0.3 is 0 Å². The molecule has 1 saturated heterocycles. The third-order valence-electron chi connectivity index (χ3n) is 4.40. The van der Waals surface area contributed by atoms with E-state index >= 15 is 0 Å². The molecular weight excluding hydrogens is 316 g/mol. The largest absolute Gasteiger partial charge is 0.369 e. The van der Waals surface area contributed by atoms with Crippen molar-refractivity contribution in [2.24, 2.45) is 11.7 Å². The summed E-state index contributed by atoms with van der Waals surface area (Å²) in [7, 11) is 0. The molecule has 0 saturated carbocycles. The number of nitrogens with two attached hydrogens (primary N) is 1. The normalized spacial score (nSPS) is 17.8. The molecule has 1 aliphatic heterocycles. The second-order valence-corrected chi connectivity index (χ2v) is 7.07. The molecule has 2 N–H and O–H groups in total. The van der Waals surface area contributed by atoms with Gasteiger partial charge < -0.3 is 10.6 Å². The lowest BCUT2D eigenvalue weighted by molar-refractivity contribution is -0.131. The van der Waals surface area contributed by atoms with Crippen molar-refractivity contribution in [3.8, 4) is 0 Å². The lowest BCUT2D eigenvalue weighted by Crippen LogP contribution is -2.36. The standard InChI is InChI=1S/C15H18N4O3S/c1-8-9(2)23-14-12(8)15(22)19(7-17-14)6-11(20)18-4-3-10(5-18)13(16)21/h7,10H,3-6H2,1-2H3,(H2,16,21)/t10-/m1/s1. The van der Waals surface area contributed by atoms with Gasteiger partial charge in [0.15, 0.2) is 0 Å². The fourth-order valence-electron chi connectivity index (χ4n) is 2.85. The molecule has 3 rings (SSSR count). The summed E-state index contributed by atoms with van der Waals surface area (Å²) >= 11 is 1.48. The number of carbonyl (C=O) groups excluding carboxylic acids is 2. The predicted octanol–water partition coefficient (Wildman–Crippen LogP) is 0.409. The molecule has 0 bridgehead atoms. The van der Waals surface area contributed by atoms with E-state index in [1.54, 1.807) is 4.90 Å². The van der Waals surface area contributed by atoms with Crippen molar-refractivity contribution in [3.05, 3.63) is 27.1 Å². The molecule has 1 atom stereocenters. The summed E-state index contributed by atoms with van der Waals surface area (Å²) in [6, 6.07) is 0. The molecule has 0 radical (unpaired) electrons. The zero-order valence-electron chi connectivity index (χ0n) is 13.0. The van der Waals surface area contributed by atoms with Crippen LogP contribution in [0.4, 0.5) is 0 Å². The zero-order valence-corrected chi connectivity index (χ0v) is 13.9. The number of thiophene rings is 1. The van der Waals surface area contributed by atoms with Crippen LogP contribution in [0.2, 0.25) is 0 Å². The van der Waals surface area contributed by atoms with E-state index in [9.17, 15) is 14.4 Å². The van der Waals surface area contributed by atoms with Crippen LogP contribution >= 0.6 is 11.3 Å². The third-order valence-corrected chi connectivity index (χ3v) is 5.52. The van der Waals surface area contributed by atoms with Gasteiger partial charge in [0.05, 0.1) is 17.6 Å². The van der Waals surface area contributed by atoms with E-state index in [1.807, 2.05) is 13.8 Å². The maximum Gasteiger partial charge on any atom is 0.262 e. The minimum atomic E-state index is -0.384. The van der Waals surface area contributed by atoms with Crippen molar-refractivity contribution in [2.75, 3.05) is 13.1 Å². The number of rotatable bonds is 3. The fourth-order valence-corrected chi connectivity index (χ4v) is 3.83. The van der Waals surface area contributed by atoms with Gasteiger partial charge in [-0.3, -0.25) is 19.0 Å². The van der Waals surface area contributed by atoms with Gasteiger partial charge in [-0.25, -0.2) is 4.98 Å². The Kier molecular flexibility index (Phi) is 3.93. The average Bonchev–Trinajstić information content (AvgIpc) is 3.09. The highest BCUT2D eigenvalue weighted by molar-refractivity contribution is 7.18. The molecule has 7 nitrogen and oxygen atoms in total. The van der Waals surface area contributed by atoms with E-state index < -0.39 is 0 Å². The molecule has 8 heteroatoms. The number of fused-ring (bicyclic) bond motifs is 1. The Bertz CT molecular complexity index is 854. The van der Waals surface area contributed by atoms with E-state index in [1.165, 1.54) is 22.2 Å². The number of hydrogen-bond acceptors (Lipinski definition) is 5. The summed E-state index contributed by atoms with van der Waals surface area (Å²) in [5, 5.41) is 0.583. The summed E-state index contributed by atoms with van der Waals surface area (Å²) < 4.78 is 1.33. The van der Waals surface area contributed by atoms with Gasteiger partial charge in [0.25, 0.3) is 5.56 Å². The van der Waals surface area contributed by atoms with Gasteiger partial charge in [-0.15, -0.1) is 11.3 Å². The summed E-state index contributed by atoms with van der Waals surface area (Å²) in [6.07, 6.45) is 2.00. The van der Waals surface area contributed by atoms with E-state index in [-0.39, 0.29) is 29.8 Å². The topological polar surface area (TPSA) is 98.3 Å². The quantitative estimate of drug-likeness (QED) is 0.879. The predicted molar refractivity (Wildman–Crippen MR) is 87.2 cm³/mol. The van der Waals surface area contributed by atoms with Gasteiger partial charge in [-0.05, 0) is 25.8 Å². The number of aromatic nitrogens is 2. The molecule has 0 aromatic carbocycles. The van der Waals surface area contributed by atoms with Gasteiger partial charge in [-0.2, -0.15) is 0 Å². The average molecular weight is 334 g/mol. The van der Waals surface area contributed by atoms with Crippen molar-refractivity contribution in [2.45, 2.75) is 26.8 Å². The van der Waals surface area contributed by atoms with Crippen molar-refractivity contribution in [3.63, 3.8) is 0 Å². The van der Waals surface area contributed by atoms with Crippen LogP contribution in [0, 0.1) is 19.8 Å². The highest BCUT2D eigenvalue weighted by Crippen LogP contribution is 2.25. The number of primary amides is 1. The minimum Gasteiger partial charge on any atom is -0.369 e. The van der Waals surface area contributed by atoms with Crippen LogP contribution in [0.15, 0.2) is 11.1 Å². The first-order valence-electron chi connectivity index (χ1n) is 7.40. The lowest BCUT2D eigenvalue weighted by atomic mass is 10.1. The van der Waals surface area contributed by atoms with E-state index in [0.717, 1.165) is 10.4 Å². The number of carbonyl (C=O) groups is 2. The highest BCUT2D eigenvalue weighted by atomic mass is 32.1. The van der Waals surface area contributed by atoms with Crippen LogP contribution in [0.25, 0.3) is 10.2 Å². The smallest absolute Gasteiger partial charge is 0.262 e. The molecule has 0 unspecified atom stereocenters. The van der Waals surface area contributed by atoms with Gasteiger partial charge in [-0.1, -0.05) is 0 Å². The van der Waals surface area contributed by atoms with Crippen LogP contribution in [-0.2, 0) is 16.1 Å². The van der Waals surface area contributed by atoms with Gasteiger partial charge in [0.2, 0.25) is 11.8 Å². The molecule has 122 valence electrons. The van der Waals surface area contributed by atoms with E-state index in [0.29, 0.717) is 29.7 Å². The monoisotopic (exact) mass is 334 g/mol. The van der Waals surface area contributed by atoms with Gasteiger partial charge in [0.1, 0.15) is 11.4 Å². The van der Waals surface area contributed by atoms with Crippen LogP contribution in [-0.4, -0.2) is 39.4 Å². The van der Waals surface area contributed by atoms with Crippen molar-refractivity contribution in [1.82, 2.24) is 14.5 Å². The van der Waals surface area contributed by atoms with Crippen LogP contribution in [0.3, 0.4) is 0 Å². The molecule has 2 aromatic heterocycles. The molecule has 2 amide bonds. The molecule has 3 heterocycles. The third kappa shape index (κ3) is 2.74. The molecule has 0 aliphatic carbocycles. The number of likely N-dealkylation sites (tertiary alicyclic amines) is 1. The zero-order chi connectivity index (χ0) is 16.7. The Morgan fingerprint density at radius 2 is 2.17 bits per heavy atom. The second-order valence-electron chi connectivity index (χ2n) is 5.87. The van der Waals surface area contributed by atoms with Crippen molar-refractivity contribution < 1.29 is 9.59 Å². The van der Waals surface area contributed by atoms with Crippen LogP contribution < -0.4 is 11.3 Å². The Morgan fingerprint density at radius 3 is 2.83 bits per heavy atom. The van der Waals surface area contributed by atoms with Crippen molar-refractivity contribution >= 4 is 33.4 Å². The Balaban J connectivity index is 1.83. The van der Waals surface area contributed by atoms with Gasteiger partial charge in [0, 0.05) is 18.0 Å². The molecular formula is C15H18N4O3S. The summed E-state index contributed by atoms with van der Waals surface area (Å²) in [5.41, 5.74) is 5.99. The highest BCUT2D eigenvalue weighted by Gasteiger charge is 2.29. The summed E-state index contributed by atoms with van der Waals surface area (Å²) in [6.45, 7) is 4.59. The fraction of sp³-hybridized carbons (Fsp3) is 0.467. The molecule has 2 aromatic rings. The maximum absolute atomic E-state index is 12.6. The lowest BCUT2D eigenvalue weighted by Gasteiger charge is -2.16. The van der Waals surface area contributed by atoms with Crippen LogP contribution in [0.1, 0.15) is 16.9 Å².